The Kier molecular flexibility index (Phi) is 10.2. The third-order valence-electron chi connectivity index (χ3n) is 7.05. The minimum Gasteiger partial charge on any atom is -0.409 e. The zero-order valence-electron chi connectivity index (χ0n) is 22.1. The first kappa shape index (κ1) is 28.1. The summed E-state index contributed by atoms with van der Waals surface area (Å²) in [4.78, 5) is 12.3. The molecule has 2 radical (unpaired) electrons. The van der Waals surface area contributed by atoms with Gasteiger partial charge < -0.3 is 14.8 Å². The van der Waals surface area contributed by atoms with Crippen molar-refractivity contribution in [2.24, 2.45) is 5.92 Å². The highest BCUT2D eigenvalue weighted by Gasteiger charge is 2.53. The van der Waals surface area contributed by atoms with Crippen molar-refractivity contribution in [2.75, 3.05) is 6.61 Å². The normalized spacial score (nSPS) is 18.1. The van der Waals surface area contributed by atoms with E-state index in [-0.39, 0.29) is 33.2 Å². The highest BCUT2D eigenvalue weighted by molar-refractivity contribution is 6.31. The van der Waals surface area contributed by atoms with Crippen LogP contribution in [0.1, 0.15) is 104 Å². The first-order valence-electron chi connectivity index (χ1n) is 12.9. The predicted octanol–water partition coefficient (Wildman–Crippen LogP) is 5.80. The molecule has 0 bridgehead atoms. The molecule has 0 fully saturated rings. The Hall–Kier alpha value is -1.17. The van der Waals surface area contributed by atoms with Crippen LogP contribution in [0.2, 0.25) is 5.04 Å². The molecule has 1 aromatic carbocycles. The number of carbonyl (C=O) groups is 1. The number of hydrogen-bond acceptors (Lipinski definition) is 3. The van der Waals surface area contributed by atoms with E-state index >= 15 is 0 Å². The molecule has 2 unspecified atom stereocenters. The molecule has 0 aliphatic heterocycles. The molecule has 0 saturated carbocycles. The van der Waals surface area contributed by atoms with E-state index in [9.17, 15) is 9.90 Å². The Morgan fingerprint density at radius 3 is 2.30 bits per heavy atom. The fourth-order valence-corrected chi connectivity index (χ4v) is 5.82. The lowest BCUT2D eigenvalue weighted by Crippen LogP contribution is -2.69. The van der Waals surface area contributed by atoms with Gasteiger partial charge in [-0.05, 0) is 67.2 Å². The van der Waals surface area contributed by atoms with Crippen molar-refractivity contribution in [1.29, 1.82) is 0 Å². The number of fused-ring (bicyclic) bond motifs is 1. The number of nitrogens with one attached hydrogen (secondary N) is 1. The lowest BCUT2D eigenvalue weighted by molar-refractivity contribution is -0.129. The fourth-order valence-electron chi connectivity index (χ4n) is 5.07. The van der Waals surface area contributed by atoms with E-state index in [1.165, 1.54) is 62.1 Å². The van der Waals surface area contributed by atoms with Crippen molar-refractivity contribution < 1.29 is 14.3 Å². The Morgan fingerprint density at radius 1 is 1.06 bits per heavy atom. The van der Waals surface area contributed by atoms with Crippen LogP contribution in [0.3, 0.4) is 0 Å². The summed E-state index contributed by atoms with van der Waals surface area (Å²) in [5.74, 6) is -0.0370. The average Bonchev–Trinajstić information content (AvgIpc) is 3.16. The monoisotopic (exact) mass is 473 g/mol. The zero-order chi connectivity index (χ0) is 24.7. The van der Waals surface area contributed by atoms with Crippen molar-refractivity contribution in [3.63, 3.8) is 0 Å². The molecule has 0 aromatic heterocycles. The molecule has 0 saturated heterocycles. The van der Waals surface area contributed by atoms with Gasteiger partial charge in [0.15, 0.2) is 0 Å². The summed E-state index contributed by atoms with van der Waals surface area (Å²) in [7, 11) is 0.276. The molecule has 1 aliphatic carbocycles. The number of carbonyl (C=O) groups excluding carboxylic acids is 1. The lowest BCUT2D eigenvalue weighted by atomic mass is 9.71. The number of aliphatic hydroxyl groups is 1. The lowest BCUT2D eigenvalue weighted by Gasteiger charge is -2.50. The second kappa shape index (κ2) is 12.0. The Balaban J connectivity index is 2.15. The smallest absolute Gasteiger partial charge is 0.236 e. The van der Waals surface area contributed by atoms with E-state index in [0.717, 1.165) is 19.3 Å². The third-order valence-corrected chi connectivity index (χ3v) is 8.28. The third kappa shape index (κ3) is 7.66. The van der Waals surface area contributed by atoms with E-state index in [4.69, 9.17) is 4.43 Å². The SMILES string of the molecule is CCCCCCCCc1ccc2c(c1)CC(C(CO)(NC(C)=O)C(C)(C)O[Si]C(C)(C)C)C2. The van der Waals surface area contributed by atoms with Gasteiger partial charge in [0.2, 0.25) is 15.7 Å². The molecule has 0 heterocycles. The average molecular weight is 474 g/mol. The first-order chi connectivity index (χ1) is 15.4. The topological polar surface area (TPSA) is 58.6 Å². The minimum atomic E-state index is -0.838. The first-order valence-corrected chi connectivity index (χ1v) is 13.8. The number of unbranched alkanes of at least 4 members (excludes halogenated alkanes) is 5. The Bertz CT molecular complexity index is 771. The van der Waals surface area contributed by atoms with Crippen molar-refractivity contribution >= 4 is 15.7 Å². The van der Waals surface area contributed by atoms with E-state index in [1.54, 1.807) is 0 Å². The Morgan fingerprint density at radius 2 is 1.70 bits per heavy atom. The van der Waals surface area contributed by atoms with E-state index < -0.39 is 11.1 Å². The van der Waals surface area contributed by atoms with Crippen LogP contribution in [-0.2, 0) is 28.5 Å². The van der Waals surface area contributed by atoms with Crippen LogP contribution >= 0.6 is 0 Å². The van der Waals surface area contributed by atoms with Crippen molar-refractivity contribution in [3.05, 3.63) is 34.9 Å². The molecule has 1 aliphatic rings. The van der Waals surface area contributed by atoms with Crippen LogP contribution in [0.25, 0.3) is 0 Å². The summed E-state index contributed by atoms with van der Waals surface area (Å²) >= 11 is 0. The maximum atomic E-state index is 12.3. The van der Waals surface area contributed by atoms with Crippen molar-refractivity contribution in [2.45, 2.75) is 122 Å². The maximum Gasteiger partial charge on any atom is 0.236 e. The number of aliphatic hydroxyl groups excluding tert-OH is 1. The standard InChI is InChI=1S/C28H47NO3Si/c1-8-9-10-11-12-13-14-22-15-16-23-18-25(19-24(23)17-22)28(20-30,29-21(2)31)27(6,7)32-33-26(3,4)5/h15-17,25,30H,8-14,18-20H2,1-7H3,(H,29,31). The van der Waals surface area contributed by atoms with Crippen LogP contribution in [0, 0.1) is 5.92 Å². The summed E-state index contributed by atoms with van der Waals surface area (Å²) in [6.07, 6.45) is 10.7. The van der Waals surface area contributed by atoms with Gasteiger partial charge in [-0.15, -0.1) is 0 Å². The van der Waals surface area contributed by atoms with Gasteiger partial charge in [0.05, 0.1) is 17.7 Å². The van der Waals surface area contributed by atoms with Gasteiger partial charge >= 0.3 is 0 Å². The zero-order valence-corrected chi connectivity index (χ0v) is 23.1. The van der Waals surface area contributed by atoms with Crippen molar-refractivity contribution in [1.82, 2.24) is 5.32 Å². The number of aryl methyl sites for hydroxylation is 1. The summed E-state index contributed by atoms with van der Waals surface area (Å²) in [5, 5.41) is 13.9. The second-order valence-electron chi connectivity index (χ2n) is 11.5. The number of benzene rings is 1. The van der Waals surface area contributed by atoms with Crippen LogP contribution in [0.5, 0.6) is 0 Å². The quantitative estimate of drug-likeness (QED) is 0.281. The summed E-state index contributed by atoms with van der Waals surface area (Å²) in [6.45, 7) is 14.1. The Labute approximate surface area is 205 Å². The molecular weight excluding hydrogens is 426 g/mol. The predicted molar refractivity (Wildman–Crippen MR) is 139 cm³/mol. The van der Waals surface area contributed by atoms with Gasteiger partial charge in [-0.25, -0.2) is 0 Å². The molecule has 33 heavy (non-hydrogen) atoms. The van der Waals surface area contributed by atoms with E-state index in [2.05, 4.69) is 51.2 Å². The highest BCUT2D eigenvalue weighted by Crippen LogP contribution is 2.42. The summed E-state index contributed by atoms with van der Waals surface area (Å²) in [5.41, 5.74) is 2.57. The minimum absolute atomic E-state index is 0.0266. The molecule has 1 aromatic rings. The van der Waals surface area contributed by atoms with Gasteiger partial charge in [0.25, 0.3) is 0 Å². The van der Waals surface area contributed by atoms with Gasteiger partial charge in [-0.1, -0.05) is 78.0 Å². The molecular formula is C28H47NO3Si. The molecule has 2 rings (SSSR count). The highest BCUT2D eigenvalue weighted by atomic mass is 28.2. The van der Waals surface area contributed by atoms with Crippen LogP contribution in [-0.4, -0.2) is 38.5 Å². The molecule has 5 heteroatoms. The number of rotatable bonds is 13. The van der Waals surface area contributed by atoms with Crippen LogP contribution < -0.4 is 5.32 Å². The van der Waals surface area contributed by atoms with Gasteiger partial charge in [0.1, 0.15) is 0 Å². The summed E-state index contributed by atoms with van der Waals surface area (Å²) in [6, 6.07) is 6.90. The van der Waals surface area contributed by atoms with Crippen LogP contribution in [0.15, 0.2) is 18.2 Å². The largest absolute Gasteiger partial charge is 0.409 e. The maximum absolute atomic E-state index is 12.3. The van der Waals surface area contributed by atoms with Gasteiger partial charge in [-0.3, -0.25) is 4.79 Å². The number of amides is 1. The van der Waals surface area contributed by atoms with E-state index in [0.29, 0.717) is 0 Å². The molecule has 4 nitrogen and oxygen atoms in total. The van der Waals surface area contributed by atoms with Gasteiger partial charge in [-0.2, -0.15) is 0 Å². The second-order valence-corrected chi connectivity index (χ2v) is 13.4. The molecule has 2 atom stereocenters. The fraction of sp³-hybridized carbons (Fsp3) is 0.750. The summed E-state index contributed by atoms with van der Waals surface area (Å²) < 4.78 is 6.43. The molecule has 2 N–H and O–H groups in total. The van der Waals surface area contributed by atoms with Crippen LogP contribution in [0.4, 0.5) is 0 Å². The molecule has 1 amide bonds. The molecule has 0 spiro atoms. The van der Waals surface area contributed by atoms with Crippen molar-refractivity contribution in [3.8, 4) is 0 Å². The van der Waals surface area contributed by atoms with E-state index in [1.807, 2.05) is 13.8 Å². The number of hydrogen-bond donors (Lipinski definition) is 2. The molecule has 186 valence electrons. The van der Waals surface area contributed by atoms with Gasteiger partial charge in [0, 0.05) is 6.92 Å².